The predicted molar refractivity (Wildman–Crippen MR) is 262 cm³/mol. The van der Waals surface area contributed by atoms with Gasteiger partial charge in [0.15, 0.2) is 0 Å². The first kappa shape index (κ1) is 36.2. The van der Waals surface area contributed by atoms with Crippen molar-refractivity contribution in [3.05, 3.63) is 228 Å². The SMILES string of the molecule is CC1(C)c2c(c3ccccc3c3ccccc23)-c2ccc3c4ccccc4n(-c4cccc(-c5ccc(C(=N)NC6C(c7ccccc7)=CC7(c8ccccc8)CN67)cc5)c4)c3c21. The van der Waals surface area contributed by atoms with E-state index in [0.717, 1.165) is 28.9 Å². The van der Waals surface area contributed by atoms with E-state index in [1.807, 2.05) is 0 Å². The van der Waals surface area contributed by atoms with Crippen molar-refractivity contribution in [2.75, 3.05) is 6.54 Å². The Morgan fingerprint density at radius 1 is 0.556 bits per heavy atom. The first-order valence-electron chi connectivity index (χ1n) is 22.1. The molecule has 2 aliphatic heterocycles. The molecule has 3 heterocycles. The molecule has 10 aromatic rings. The zero-order valence-electron chi connectivity index (χ0n) is 35.2. The second-order valence-electron chi connectivity index (χ2n) is 18.1. The Kier molecular flexibility index (Phi) is 7.60. The Balaban J connectivity index is 0.882. The van der Waals surface area contributed by atoms with Gasteiger partial charge in [-0.2, -0.15) is 0 Å². The van der Waals surface area contributed by atoms with Crippen LogP contribution in [0.2, 0.25) is 0 Å². The molecule has 2 N–H and O–H groups in total. The summed E-state index contributed by atoms with van der Waals surface area (Å²) >= 11 is 0. The van der Waals surface area contributed by atoms with Gasteiger partial charge in [-0.25, -0.2) is 0 Å². The Hall–Kier alpha value is -7.53. The molecule has 1 saturated heterocycles. The molecule has 3 unspecified atom stereocenters. The number of hydrogen-bond acceptors (Lipinski definition) is 2. The number of para-hydroxylation sites is 1. The van der Waals surface area contributed by atoms with Crippen LogP contribution in [0.3, 0.4) is 0 Å². The summed E-state index contributed by atoms with van der Waals surface area (Å²) < 4.78 is 2.51. The van der Waals surface area contributed by atoms with E-state index in [-0.39, 0.29) is 17.1 Å². The molecule has 1 fully saturated rings. The van der Waals surface area contributed by atoms with Gasteiger partial charge in [0.2, 0.25) is 0 Å². The lowest BCUT2D eigenvalue weighted by Crippen LogP contribution is -2.40. The van der Waals surface area contributed by atoms with Crippen LogP contribution in [0.25, 0.3) is 76.9 Å². The van der Waals surface area contributed by atoms with E-state index < -0.39 is 0 Å². The highest BCUT2D eigenvalue weighted by atomic mass is 15.5. The lowest BCUT2D eigenvalue weighted by atomic mass is 9.78. The molecule has 0 bridgehead atoms. The van der Waals surface area contributed by atoms with Crippen LogP contribution in [0.4, 0.5) is 0 Å². The Morgan fingerprint density at radius 2 is 1.19 bits per heavy atom. The largest absolute Gasteiger partial charge is 0.351 e. The quantitative estimate of drug-likeness (QED) is 0.0760. The minimum absolute atomic E-state index is 0.0978. The topological polar surface area (TPSA) is 43.8 Å². The molecular formula is C59H44N4. The van der Waals surface area contributed by atoms with Gasteiger partial charge in [-0.05, 0) is 89.8 Å². The molecule has 0 radical (unpaired) electrons. The number of nitrogens with zero attached hydrogens (tertiary/aromatic N) is 2. The van der Waals surface area contributed by atoms with E-state index in [9.17, 15) is 5.41 Å². The van der Waals surface area contributed by atoms with Gasteiger partial charge in [0.1, 0.15) is 12.0 Å². The van der Waals surface area contributed by atoms with Crippen molar-refractivity contribution >= 4 is 54.8 Å². The maximum Gasteiger partial charge on any atom is 0.126 e. The van der Waals surface area contributed by atoms with E-state index >= 15 is 0 Å². The van der Waals surface area contributed by atoms with Gasteiger partial charge in [-0.1, -0.05) is 196 Å². The van der Waals surface area contributed by atoms with Crippen molar-refractivity contribution in [3.63, 3.8) is 0 Å². The van der Waals surface area contributed by atoms with Crippen LogP contribution >= 0.6 is 0 Å². The summed E-state index contributed by atoms with van der Waals surface area (Å²) in [6, 6.07) is 70.4. The maximum atomic E-state index is 9.34. The summed E-state index contributed by atoms with van der Waals surface area (Å²) in [5.74, 6) is 0.418. The second-order valence-corrected chi connectivity index (χ2v) is 18.1. The van der Waals surface area contributed by atoms with Crippen LogP contribution in [0.15, 0.2) is 200 Å². The molecular weight excluding hydrogens is 765 g/mol. The number of aromatic nitrogens is 1. The predicted octanol–water partition coefficient (Wildman–Crippen LogP) is 13.6. The molecule has 1 aliphatic carbocycles. The van der Waals surface area contributed by atoms with Gasteiger partial charge in [-0.15, -0.1) is 0 Å². The zero-order chi connectivity index (χ0) is 42.0. The summed E-state index contributed by atoms with van der Waals surface area (Å²) in [6.07, 6.45) is 2.31. The third kappa shape index (κ3) is 5.16. The molecule has 0 amide bonds. The number of benzene rings is 9. The Morgan fingerprint density at radius 3 is 1.95 bits per heavy atom. The lowest BCUT2D eigenvalue weighted by molar-refractivity contribution is 0.409. The van der Waals surface area contributed by atoms with Crippen LogP contribution < -0.4 is 5.32 Å². The molecule has 0 saturated carbocycles. The fourth-order valence-electron chi connectivity index (χ4n) is 11.5. The molecule has 3 atom stereocenters. The molecule has 9 aromatic carbocycles. The van der Waals surface area contributed by atoms with Gasteiger partial charge in [0.05, 0.1) is 16.6 Å². The number of nitrogens with one attached hydrogen (secondary N) is 2. The first-order valence-corrected chi connectivity index (χ1v) is 22.1. The van der Waals surface area contributed by atoms with Crippen LogP contribution in [0.1, 0.15) is 41.7 Å². The van der Waals surface area contributed by atoms with Gasteiger partial charge in [-0.3, -0.25) is 10.3 Å². The number of fused-ring (bicyclic) bond motifs is 13. The van der Waals surface area contributed by atoms with Crippen molar-refractivity contribution in [1.82, 2.24) is 14.8 Å². The van der Waals surface area contributed by atoms with Gasteiger partial charge < -0.3 is 9.88 Å². The van der Waals surface area contributed by atoms with E-state index in [2.05, 4.69) is 229 Å². The van der Waals surface area contributed by atoms with Crippen molar-refractivity contribution in [1.29, 1.82) is 5.41 Å². The first-order chi connectivity index (χ1) is 30.9. The van der Waals surface area contributed by atoms with Gasteiger partial charge in [0.25, 0.3) is 0 Å². The molecule has 4 heteroatoms. The van der Waals surface area contributed by atoms with Crippen molar-refractivity contribution in [2.24, 2.45) is 0 Å². The molecule has 13 rings (SSSR count). The number of hydrogen-bond donors (Lipinski definition) is 2. The smallest absolute Gasteiger partial charge is 0.126 e. The summed E-state index contributed by atoms with van der Waals surface area (Å²) in [7, 11) is 0. The van der Waals surface area contributed by atoms with E-state index in [1.54, 1.807) is 0 Å². The number of amidine groups is 1. The number of rotatable bonds is 6. The van der Waals surface area contributed by atoms with E-state index in [1.165, 1.54) is 82.3 Å². The second kappa shape index (κ2) is 13.2. The van der Waals surface area contributed by atoms with Gasteiger partial charge >= 0.3 is 0 Å². The molecule has 63 heavy (non-hydrogen) atoms. The minimum atomic E-state index is -0.262. The summed E-state index contributed by atoms with van der Waals surface area (Å²) in [6.45, 7) is 5.79. The maximum absolute atomic E-state index is 9.34. The highest BCUT2D eigenvalue weighted by Crippen LogP contribution is 2.58. The normalized spacial score (nSPS) is 19.2. The van der Waals surface area contributed by atoms with Crippen molar-refractivity contribution in [3.8, 4) is 27.9 Å². The summed E-state index contributed by atoms with van der Waals surface area (Å²) in [4.78, 5) is 2.47. The molecule has 4 nitrogen and oxygen atoms in total. The standard InChI is InChI=1S/C59H44N4/c1-58(2)53-47-26-12-10-23-44(47)43-22-9-11-25-46(43)52(53)49-33-32-48-45-24-13-14-27-51(45)63(55(48)54(49)58)42-21-15-18-40(34-42)37-28-30-39(31-29-37)56(60)61-57-50(38-16-5-3-6-17-38)35-59(36-62(57)59)41-19-7-4-8-20-41/h3-35,57H,36H2,1-2H3,(H2,60,61). The van der Waals surface area contributed by atoms with Gasteiger partial charge in [0, 0.05) is 34.0 Å². The molecule has 300 valence electrons. The van der Waals surface area contributed by atoms with Crippen molar-refractivity contribution in [2.45, 2.75) is 31.0 Å². The van der Waals surface area contributed by atoms with E-state index in [4.69, 9.17) is 0 Å². The fourth-order valence-corrected chi connectivity index (χ4v) is 11.5. The van der Waals surface area contributed by atoms with Crippen LogP contribution in [0, 0.1) is 5.41 Å². The molecule has 1 aromatic heterocycles. The summed E-state index contributed by atoms with van der Waals surface area (Å²) in [5.41, 5.74) is 15.5. The third-order valence-electron chi connectivity index (χ3n) is 14.4. The fraction of sp³-hybridized carbons (Fsp3) is 0.102. The third-order valence-corrected chi connectivity index (χ3v) is 14.4. The van der Waals surface area contributed by atoms with Crippen molar-refractivity contribution < 1.29 is 0 Å². The molecule has 3 aliphatic rings. The highest BCUT2D eigenvalue weighted by molar-refractivity contribution is 6.21. The van der Waals surface area contributed by atoms with Crippen LogP contribution in [-0.2, 0) is 11.0 Å². The minimum Gasteiger partial charge on any atom is -0.351 e. The lowest BCUT2D eigenvalue weighted by Gasteiger charge is -2.25. The Labute approximate surface area is 366 Å². The van der Waals surface area contributed by atoms with E-state index in [0.29, 0.717) is 5.84 Å². The summed E-state index contributed by atoms with van der Waals surface area (Å²) in [5, 5.41) is 20.8. The Bertz CT molecular complexity index is 3560. The highest BCUT2D eigenvalue weighted by Gasteiger charge is 2.60. The monoisotopic (exact) mass is 808 g/mol. The average molecular weight is 809 g/mol. The van der Waals surface area contributed by atoms with Crippen LogP contribution in [-0.4, -0.2) is 28.0 Å². The molecule has 0 spiro atoms. The van der Waals surface area contributed by atoms with Crippen LogP contribution in [0.5, 0.6) is 0 Å². The zero-order valence-corrected chi connectivity index (χ0v) is 35.2. The average Bonchev–Trinajstić information content (AvgIpc) is 3.74.